The van der Waals surface area contributed by atoms with Gasteiger partial charge in [0.15, 0.2) is 11.5 Å². The number of phenolic OH excluding ortho intramolecular Hbond substituents is 1. The van der Waals surface area contributed by atoms with Crippen molar-refractivity contribution < 1.29 is 14.6 Å². The fourth-order valence-electron chi connectivity index (χ4n) is 2.96. The average Bonchev–Trinajstić information content (AvgIpc) is 2.91. The minimum absolute atomic E-state index is 0.0107. The third kappa shape index (κ3) is 3.54. The van der Waals surface area contributed by atoms with Crippen LogP contribution >= 0.6 is 11.6 Å². The van der Waals surface area contributed by atoms with Crippen molar-refractivity contribution in [1.29, 1.82) is 0 Å². The lowest BCUT2D eigenvalue weighted by atomic mass is 10.0. The predicted molar refractivity (Wildman–Crippen MR) is 98.6 cm³/mol. The summed E-state index contributed by atoms with van der Waals surface area (Å²) < 4.78 is 5.69. The highest BCUT2D eigenvalue weighted by Gasteiger charge is 2.24. The molecule has 0 aliphatic carbocycles. The first kappa shape index (κ1) is 17.2. The molecule has 27 heavy (non-hydrogen) atoms. The normalized spacial score (nSPS) is 13.4. The molecule has 3 heterocycles. The van der Waals surface area contributed by atoms with E-state index >= 15 is 0 Å². The number of benzene rings is 1. The maximum Gasteiger partial charge on any atom is 0.257 e. The summed E-state index contributed by atoms with van der Waals surface area (Å²) in [5.41, 5.74) is 2.48. The molecule has 1 amide bonds. The predicted octanol–water partition coefficient (Wildman–Crippen LogP) is 2.93. The lowest BCUT2D eigenvalue weighted by Crippen LogP contribution is -2.32. The number of aromatic nitrogens is 3. The van der Waals surface area contributed by atoms with Crippen molar-refractivity contribution in [2.45, 2.75) is 6.54 Å². The summed E-state index contributed by atoms with van der Waals surface area (Å²) in [5, 5.41) is 10.9. The van der Waals surface area contributed by atoms with E-state index < -0.39 is 0 Å². The molecule has 0 saturated heterocycles. The molecule has 136 valence electrons. The van der Waals surface area contributed by atoms with Gasteiger partial charge in [0.1, 0.15) is 12.9 Å². The zero-order valence-electron chi connectivity index (χ0n) is 14.2. The Labute approximate surface area is 160 Å². The van der Waals surface area contributed by atoms with Gasteiger partial charge in [0, 0.05) is 36.3 Å². The number of amides is 1. The summed E-state index contributed by atoms with van der Waals surface area (Å²) in [5.74, 6) is 0.200. The van der Waals surface area contributed by atoms with E-state index in [9.17, 15) is 9.90 Å². The highest BCUT2D eigenvalue weighted by molar-refractivity contribution is 6.30. The molecule has 0 fully saturated rings. The monoisotopic (exact) mass is 382 g/mol. The SMILES string of the molecule is O=C(c1cncnc1)N1CCOc2c(O)cc(-c3ccc(Cl)cn3)cc2C1. The van der Waals surface area contributed by atoms with Crippen molar-refractivity contribution in [1.82, 2.24) is 19.9 Å². The lowest BCUT2D eigenvalue weighted by molar-refractivity contribution is 0.0732. The number of hydrogen-bond donors (Lipinski definition) is 1. The summed E-state index contributed by atoms with van der Waals surface area (Å²) in [6.07, 6.45) is 5.88. The first-order chi connectivity index (χ1) is 13.1. The molecule has 0 spiro atoms. The summed E-state index contributed by atoms with van der Waals surface area (Å²) in [6.45, 7) is 0.951. The van der Waals surface area contributed by atoms with Crippen molar-refractivity contribution >= 4 is 17.5 Å². The molecule has 1 aromatic carbocycles. The number of ether oxygens (including phenoxy) is 1. The first-order valence-electron chi connectivity index (χ1n) is 8.27. The number of pyridine rings is 1. The van der Waals surface area contributed by atoms with Crippen molar-refractivity contribution in [2.24, 2.45) is 0 Å². The number of halogens is 1. The Balaban J connectivity index is 1.69. The van der Waals surface area contributed by atoms with Gasteiger partial charge in [-0.1, -0.05) is 11.6 Å². The number of hydrogen-bond acceptors (Lipinski definition) is 6. The zero-order valence-corrected chi connectivity index (χ0v) is 14.9. The van der Waals surface area contributed by atoms with Crippen LogP contribution in [0, 0.1) is 0 Å². The van der Waals surface area contributed by atoms with Crippen LogP contribution < -0.4 is 4.74 Å². The second-order valence-electron chi connectivity index (χ2n) is 6.05. The third-order valence-corrected chi connectivity index (χ3v) is 4.46. The topological polar surface area (TPSA) is 88.4 Å². The molecule has 1 aliphatic rings. The van der Waals surface area contributed by atoms with Crippen LogP contribution in [0.25, 0.3) is 11.3 Å². The second-order valence-corrected chi connectivity index (χ2v) is 6.48. The minimum atomic E-state index is -0.193. The number of phenols is 1. The summed E-state index contributed by atoms with van der Waals surface area (Å²) in [7, 11) is 0. The van der Waals surface area contributed by atoms with E-state index in [4.69, 9.17) is 16.3 Å². The van der Waals surface area contributed by atoms with Gasteiger partial charge in [0.2, 0.25) is 0 Å². The van der Waals surface area contributed by atoms with Crippen molar-refractivity contribution in [3.63, 3.8) is 0 Å². The number of nitrogens with zero attached hydrogens (tertiary/aromatic N) is 4. The third-order valence-electron chi connectivity index (χ3n) is 4.23. The quantitative estimate of drug-likeness (QED) is 0.733. The molecular formula is C19H15ClN4O3. The molecule has 7 nitrogen and oxygen atoms in total. The molecule has 0 saturated carbocycles. The fourth-order valence-corrected chi connectivity index (χ4v) is 3.07. The van der Waals surface area contributed by atoms with Crippen molar-refractivity contribution in [3.05, 3.63) is 65.3 Å². The fraction of sp³-hybridized carbons (Fsp3) is 0.158. The van der Waals surface area contributed by atoms with Gasteiger partial charge in [0.25, 0.3) is 5.91 Å². The highest BCUT2D eigenvalue weighted by Crippen LogP contribution is 2.37. The van der Waals surface area contributed by atoms with Gasteiger partial charge in [-0.3, -0.25) is 9.78 Å². The molecule has 0 unspecified atom stereocenters. The van der Waals surface area contributed by atoms with Crippen molar-refractivity contribution in [3.8, 4) is 22.8 Å². The van der Waals surface area contributed by atoms with Gasteiger partial charge < -0.3 is 14.7 Å². The Hall–Kier alpha value is -3.19. The molecule has 8 heteroatoms. The molecule has 1 aliphatic heterocycles. The van der Waals surface area contributed by atoms with E-state index in [0.29, 0.717) is 39.7 Å². The Morgan fingerprint density at radius 2 is 2.00 bits per heavy atom. The highest BCUT2D eigenvalue weighted by atomic mass is 35.5. The van der Waals surface area contributed by atoms with E-state index in [1.165, 1.54) is 18.7 Å². The summed E-state index contributed by atoms with van der Waals surface area (Å²) in [4.78, 5) is 26.5. The van der Waals surface area contributed by atoms with Crippen LogP contribution in [0.5, 0.6) is 11.5 Å². The van der Waals surface area contributed by atoms with Gasteiger partial charge in [-0.2, -0.15) is 0 Å². The molecule has 3 aromatic rings. The Morgan fingerprint density at radius 3 is 2.74 bits per heavy atom. The minimum Gasteiger partial charge on any atom is -0.504 e. The Bertz CT molecular complexity index is 980. The Kier molecular flexibility index (Phi) is 4.60. The Morgan fingerprint density at radius 1 is 1.19 bits per heavy atom. The van der Waals surface area contributed by atoms with Crippen LogP contribution in [0.2, 0.25) is 5.02 Å². The molecule has 2 aromatic heterocycles. The number of aromatic hydroxyl groups is 1. The van der Waals surface area contributed by atoms with E-state index in [-0.39, 0.29) is 24.8 Å². The van der Waals surface area contributed by atoms with Gasteiger partial charge >= 0.3 is 0 Å². The standard InChI is InChI=1S/C19H15ClN4O3/c20-15-1-2-16(23-9-15)12-5-13-10-24(3-4-27-18(13)17(25)6-12)19(26)14-7-21-11-22-8-14/h1-2,5-9,11,25H,3-4,10H2. The molecule has 4 rings (SSSR count). The van der Waals surface area contributed by atoms with Crippen LogP contribution in [0.1, 0.15) is 15.9 Å². The number of fused-ring (bicyclic) bond motifs is 1. The van der Waals surface area contributed by atoms with Crippen LogP contribution in [0.4, 0.5) is 0 Å². The van der Waals surface area contributed by atoms with E-state index in [1.807, 2.05) is 6.07 Å². The summed E-state index contributed by atoms with van der Waals surface area (Å²) in [6, 6.07) is 6.95. The molecule has 0 radical (unpaired) electrons. The first-order valence-corrected chi connectivity index (χ1v) is 8.64. The van der Waals surface area contributed by atoms with Crippen LogP contribution in [-0.2, 0) is 6.54 Å². The molecule has 0 atom stereocenters. The maximum absolute atomic E-state index is 12.7. The van der Waals surface area contributed by atoms with Gasteiger partial charge in [-0.25, -0.2) is 9.97 Å². The van der Waals surface area contributed by atoms with Crippen molar-refractivity contribution in [2.75, 3.05) is 13.2 Å². The largest absolute Gasteiger partial charge is 0.504 e. The van der Waals surface area contributed by atoms with Gasteiger partial charge in [0.05, 0.1) is 22.8 Å². The molecule has 0 bridgehead atoms. The molecular weight excluding hydrogens is 368 g/mol. The van der Waals surface area contributed by atoms with Crippen LogP contribution in [0.15, 0.2) is 49.2 Å². The number of carbonyl (C=O) groups excluding carboxylic acids is 1. The zero-order chi connectivity index (χ0) is 18.8. The molecule has 1 N–H and O–H groups in total. The second kappa shape index (κ2) is 7.20. The lowest BCUT2D eigenvalue weighted by Gasteiger charge is -2.19. The van der Waals surface area contributed by atoms with E-state index in [2.05, 4.69) is 15.0 Å². The number of rotatable bonds is 2. The number of carbonyl (C=O) groups is 1. The van der Waals surface area contributed by atoms with E-state index in [0.717, 1.165) is 0 Å². The van der Waals surface area contributed by atoms with Crippen LogP contribution in [0.3, 0.4) is 0 Å². The van der Waals surface area contributed by atoms with E-state index in [1.54, 1.807) is 29.3 Å². The average molecular weight is 383 g/mol. The van der Waals surface area contributed by atoms with Crippen LogP contribution in [-0.4, -0.2) is 44.0 Å². The summed E-state index contributed by atoms with van der Waals surface area (Å²) >= 11 is 5.89. The van der Waals surface area contributed by atoms with Gasteiger partial charge in [-0.15, -0.1) is 0 Å². The van der Waals surface area contributed by atoms with Gasteiger partial charge in [-0.05, 0) is 24.3 Å². The smallest absolute Gasteiger partial charge is 0.257 e. The maximum atomic E-state index is 12.7.